The first kappa shape index (κ1) is 15.5. The van der Waals surface area contributed by atoms with Crippen molar-refractivity contribution in [1.82, 2.24) is 19.6 Å². The van der Waals surface area contributed by atoms with Gasteiger partial charge in [0, 0.05) is 17.5 Å². The molecule has 0 aliphatic carbocycles. The van der Waals surface area contributed by atoms with Gasteiger partial charge < -0.3 is 5.32 Å². The standard InChI is InChI=1S/C22H17N5/c1-3-9-16(10-4-1)15-20-25-26-22-24-21(23-17-11-5-2-6-12-17)18-13-7-8-14-19(18)27(20)22/h1-14H,15H2,(H,23,24,26). The van der Waals surface area contributed by atoms with Gasteiger partial charge >= 0.3 is 0 Å². The second-order valence-electron chi connectivity index (χ2n) is 6.38. The number of benzene rings is 3. The van der Waals surface area contributed by atoms with Crippen LogP contribution in [0.4, 0.5) is 11.5 Å². The summed E-state index contributed by atoms with van der Waals surface area (Å²) in [6, 6.07) is 28.5. The molecular weight excluding hydrogens is 334 g/mol. The van der Waals surface area contributed by atoms with Crippen molar-refractivity contribution < 1.29 is 0 Å². The Kier molecular flexibility index (Phi) is 3.76. The number of hydrogen-bond acceptors (Lipinski definition) is 4. The third-order valence-corrected chi connectivity index (χ3v) is 4.57. The maximum absolute atomic E-state index is 4.74. The number of anilines is 2. The lowest BCUT2D eigenvalue weighted by molar-refractivity contribution is 0.948. The van der Waals surface area contributed by atoms with E-state index < -0.39 is 0 Å². The average molecular weight is 351 g/mol. The number of para-hydroxylation sites is 2. The molecule has 3 aromatic carbocycles. The molecule has 5 aromatic rings. The van der Waals surface area contributed by atoms with Gasteiger partial charge in [0.15, 0.2) is 0 Å². The summed E-state index contributed by atoms with van der Waals surface area (Å²) in [6.45, 7) is 0. The quantitative estimate of drug-likeness (QED) is 0.514. The van der Waals surface area contributed by atoms with Crippen molar-refractivity contribution in [3.63, 3.8) is 0 Å². The second-order valence-corrected chi connectivity index (χ2v) is 6.38. The third kappa shape index (κ3) is 2.89. The van der Waals surface area contributed by atoms with Crippen LogP contribution in [0.15, 0.2) is 84.9 Å². The van der Waals surface area contributed by atoms with Crippen LogP contribution >= 0.6 is 0 Å². The van der Waals surface area contributed by atoms with Crippen molar-refractivity contribution in [3.05, 3.63) is 96.3 Å². The van der Waals surface area contributed by atoms with Crippen molar-refractivity contribution >= 4 is 28.2 Å². The SMILES string of the molecule is c1ccc(Cc2nnc3nc(Nc4ccccc4)c4ccccc4n23)cc1. The van der Waals surface area contributed by atoms with Crippen LogP contribution in [0, 0.1) is 0 Å². The Morgan fingerprint density at radius 1 is 0.741 bits per heavy atom. The Balaban J connectivity index is 1.66. The fraction of sp³-hybridized carbons (Fsp3) is 0.0455. The minimum absolute atomic E-state index is 0.595. The zero-order valence-electron chi connectivity index (χ0n) is 14.6. The Bertz CT molecular complexity index is 1210. The fourth-order valence-corrected chi connectivity index (χ4v) is 3.30. The topological polar surface area (TPSA) is 55.1 Å². The summed E-state index contributed by atoms with van der Waals surface area (Å²) in [5, 5.41) is 13.2. The third-order valence-electron chi connectivity index (χ3n) is 4.57. The van der Waals surface area contributed by atoms with E-state index >= 15 is 0 Å². The lowest BCUT2D eigenvalue weighted by Gasteiger charge is -2.11. The summed E-state index contributed by atoms with van der Waals surface area (Å²) in [4.78, 5) is 4.74. The van der Waals surface area contributed by atoms with E-state index in [0.717, 1.165) is 28.2 Å². The van der Waals surface area contributed by atoms with Crippen molar-refractivity contribution in [1.29, 1.82) is 0 Å². The van der Waals surface area contributed by atoms with Crippen LogP contribution in [0.25, 0.3) is 16.7 Å². The van der Waals surface area contributed by atoms with E-state index in [1.54, 1.807) is 0 Å². The molecule has 2 aromatic heterocycles. The summed E-state index contributed by atoms with van der Waals surface area (Å²) >= 11 is 0. The lowest BCUT2D eigenvalue weighted by Crippen LogP contribution is -2.02. The van der Waals surface area contributed by atoms with E-state index in [2.05, 4.69) is 39.8 Å². The molecule has 0 radical (unpaired) electrons. The van der Waals surface area contributed by atoms with E-state index in [1.807, 2.05) is 65.1 Å². The maximum Gasteiger partial charge on any atom is 0.257 e. The molecule has 2 heterocycles. The highest BCUT2D eigenvalue weighted by Gasteiger charge is 2.14. The van der Waals surface area contributed by atoms with Gasteiger partial charge in [-0.1, -0.05) is 60.7 Å². The molecule has 0 saturated heterocycles. The number of fused-ring (bicyclic) bond motifs is 3. The molecule has 0 spiro atoms. The van der Waals surface area contributed by atoms with Gasteiger partial charge in [-0.05, 0) is 29.8 Å². The van der Waals surface area contributed by atoms with Crippen LogP contribution in [0.1, 0.15) is 11.4 Å². The number of nitrogens with one attached hydrogen (secondary N) is 1. The summed E-state index contributed by atoms with van der Waals surface area (Å²) in [6.07, 6.45) is 0.707. The Labute approximate surface area is 156 Å². The minimum Gasteiger partial charge on any atom is -0.340 e. The van der Waals surface area contributed by atoms with Gasteiger partial charge in [-0.3, -0.25) is 4.40 Å². The molecule has 0 saturated carbocycles. The van der Waals surface area contributed by atoms with Gasteiger partial charge in [0.25, 0.3) is 5.78 Å². The molecule has 0 atom stereocenters. The molecule has 130 valence electrons. The Morgan fingerprint density at radius 3 is 2.26 bits per heavy atom. The second kappa shape index (κ2) is 6.53. The Hall–Kier alpha value is -3.73. The molecular formula is C22H17N5. The van der Waals surface area contributed by atoms with Gasteiger partial charge in [0.05, 0.1) is 5.52 Å². The molecule has 1 N–H and O–H groups in total. The smallest absolute Gasteiger partial charge is 0.257 e. The largest absolute Gasteiger partial charge is 0.340 e. The van der Waals surface area contributed by atoms with Crippen LogP contribution in [0.3, 0.4) is 0 Å². The van der Waals surface area contributed by atoms with Crippen molar-refractivity contribution in [2.24, 2.45) is 0 Å². The highest BCUT2D eigenvalue weighted by atomic mass is 15.3. The van der Waals surface area contributed by atoms with Crippen molar-refractivity contribution in [2.45, 2.75) is 6.42 Å². The van der Waals surface area contributed by atoms with Gasteiger partial charge in [0.1, 0.15) is 11.6 Å². The lowest BCUT2D eigenvalue weighted by atomic mass is 10.1. The van der Waals surface area contributed by atoms with E-state index in [-0.39, 0.29) is 0 Å². The minimum atomic E-state index is 0.595. The van der Waals surface area contributed by atoms with Crippen LogP contribution in [0.5, 0.6) is 0 Å². The normalized spacial score (nSPS) is 11.1. The van der Waals surface area contributed by atoms with Crippen molar-refractivity contribution in [2.75, 3.05) is 5.32 Å². The Morgan fingerprint density at radius 2 is 1.44 bits per heavy atom. The predicted molar refractivity (Wildman–Crippen MR) is 107 cm³/mol. The highest BCUT2D eigenvalue weighted by molar-refractivity contribution is 5.92. The van der Waals surface area contributed by atoms with Gasteiger partial charge in [-0.2, -0.15) is 4.98 Å². The van der Waals surface area contributed by atoms with Crippen molar-refractivity contribution in [3.8, 4) is 0 Å². The van der Waals surface area contributed by atoms with Gasteiger partial charge in [-0.15, -0.1) is 10.2 Å². The molecule has 0 bridgehead atoms. The first-order chi connectivity index (χ1) is 13.4. The molecule has 0 fully saturated rings. The number of nitrogens with zero attached hydrogens (tertiary/aromatic N) is 4. The molecule has 0 aliphatic heterocycles. The molecule has 5 heteroatoms. The fourth-order valence-electron chi connectivity index (χ4n) is 3.30. The summed E-state index contributed by atoms with van der Waals surface area (Å²) in [5.41, 5.74) is 3.22. The first-order valence-electron chi connectivity index (χ1n) is 8.87. The number of aromatic nitrogens is 4. The predicted octanol–water partition coefficient (Wildman–Crippen LogP) is 4.61. The summed E-state index contributed by atoms with van der Waals surface area (Å²) in [5.74, 6) is 2.26. The molecule has 0 aliphatic rings. The number of rotatable bonds is 4. The van der Waals surface area contributed by atoms with E-state index in [1.165, 1.54) is 5.56 Å². The molecule has 27 heavy (non-hydrogen) atoms. The zero-order valence-corrected chi connectivity index (χ0v) is 14.6. The van der Waals surface area contributed by atoms with Crippen LogP contribution in [-0.4, -0.2) is 19.6 Å². The maximum atomic E-state index is 4.74. The molecule has 5 rings (SSSR count). The van der Waals surface area contributed by atoms with Gasteiger partial charge in [0.2, 0.25) is 0 Å². The number of hydrogen-bond donors (Lipinski definition) is 1. The summed E-state index contributed by atoms with van der Waals surface area (Å²) in [7, 11) is 0. The van der Waals surface area contributed by atoms with E-state index in [0.29, 0.717) is 12.2 Å². The molecule has 0 unspecified atom stereocenters. The molecule has 0 amide bonds. The van der Waals surface area contributed by atoms with E-state index in [9.17, 15) is 0 Å². The van der Waals surface area contributed by atoms with E-state index in [4.69, 9.17) is 4.98 Å². The summed E-state index contributed by atoms with van der Waals surface area (Å²) < 4.78 is 2.04. The first-order valence-corrected chi connectivity index (χ1v) is 8.87. The van der Waals surface area contributed by atoms with Crippen LogP contribution in [0.2, 0.25) is 0 Å². The van der Waals surface area contributed by atoms with Crippen LogP contribution in [-0.2, 0) is 6.42 Å². The monoisotopic (exact) mass is 351 g/mol. The van der Waals surface area contributed by atoms with Gasteiger partial charge in [-0.25, -0.2) is 0 Å². The molecule has 5 nitrogen and oxygen atoms in total. The highest BCUT2D eigenvalue weighted by Crippen LogP contribution is 2.26. The van der Waals surface area contributed by atoms with Crippen LogP contribution < -0.4 is 5.32 Å². The average Bonchev–Trinajstić information content (AvgIpc) is 3.12. The zero-order chi connectivity index (χ0) is 18.1.